The van der Waals surface area contributed by atoms with Crippen LogP contribution in [0.25, 0.3) is 0 Å². The van der Waals surface area contributed by atoms with Crippen LogP contribution >= 0.6 is 0 Å². The standard InChI is InChI=1S/C18H29NO/c1-13(2)19-12-18(10-17(4,5)11-18)15-9-14(3)7-8-16(15)20-6/h7-9,13,19H,10-12H2,1-6H3. The minimum atomic E-state index is 0.227. The molecule has 0 radical (unpaired) electrons. The average molecular weight is 275 g/mol. The van der Waals surface area contributed by atoms with E-state index in [0.29, 0.717) is 11.5 Å². The molecule has 2 rings (SSSR count). The van der Waals surface area contributed by atoms with Gasteiger partial charge in [0.2, 0.25) is 0 Å². The molecule has 0 spiro atoms. The third kappa shape index (κ3) is 3.01. The summed E-state index contributed by atoms with van der Waals surface area (Å²) in [6.07, 6.45) is 2.44. The largest absolute Gasteiger partial charge is 0.496 e. The summed E-state index contributed by atoms with van der Waals surface area (Å²) in [6, 6.07) is 7.09. The Morgan fingerprint density at radius 1 is 1.25 bits per heavy atom. The van der Waals surface area contributed by atoms with Crippen molar-refractivity contribution in [3.8, 4) is 5.75 Å². The van der Waals surface area contributed by atoms with Gasteiger partial charge in [-0.25, -0.2) is 0 Å². The number of hydrogen-bond donors (Lipinski definition) is 1. The Hall–Kier alpha value is -1.02. The van der Waals surface area contributed by atoms with Gasteiger partial charge < -0.3 is 10.1 Å². The second kappa shape index (κ2) is 5.40. The molecule has 1 N–H and O–H groups in total. The Morgan fingerprint density at radius 3 is 2.40 bits per heavy atom. The van der Waals surface area contributed by atoms with E-state index >= 15 is 0 Å². The summed E-state index contributed by atoms with van der Waals surface area (Å²) >= 11 is 0. The van der Waals surface area contributed by atoms with Crippen LogP contribution in [0.5, 0.6) is 5.75 Å². The molecule has 0 aliphatic heterocycles. The highest BCUT2D eigenvalue weighted by atomic mass is 16.5. The van der Waals surface area contributed by atoms with Crippen LogP contribution < -0.4 is 10.1 Å². The first-order valence-electron chi connectivity index (χ1n) is 7.67. The van der Waals surface area contributed by atoms with Crippen molar-refractivity contribution in [2.75, 3.05) is 13.7 Å². The first-order valence-corrected chi connectivity index (χ1v) is 7.67. The summed E-state index contributed by atoms with van der Waals surface area (Å²) < 4.78 is 5.63. The molecule has 2 heteroatoms. The van der Waals surface area contributed by atoms with Crippen LogP contribution in [0.1, 0.15) is 51.7 Å². The highest BCUT2D eigenvalue weighted by Gasteiger charge is 2.51. The minimum Gasteiger partial charge on any atom is -0.496 e. The maximum Gasteiger partial charge on any atom is 0.122 e. The van der Waals surface area contributed by atoms with E-state index in [0.717, 1.165) is 12.3 Å². The number of rotatable bonds is 5. The molecular formula is C18H29NO. The molecule has 0 bridgehead atoms. The molecule has 1 fully saturated rings. The van der Waals surface area contributed by atoms with Crippen molar-refractivity contribution in [2.24, 2.45) is 5.41 Å². The lowest BCUT2D eigenvalue weighted by molar-refractivity contribution is 0.0528. The van der Waals surface area contributed by atoms with E-state index in [1.807, 2.05) is 0 Å². The van der Waals surface area contributed by atoms with Crippen molar-refractivity contribution in [2.45, 2.75) is 58.9 Å². The van der Waals surface area contributed by atoms with Gasteiger partial charge in [-0.1, -0.05) is 45.4 Å². The normalized spacial score (nSPS) is 19.8. The van der Waals surface area contributed by atoms with Crippen LogP contribution in [0, 0.1) is 12.3 Å². The topological polar surface area (TPSA) is 21.3 Å². The number of benzene rings is 1. The quantitative estimate of drug-likeness (QED) is 0.875. The van der Waals surface area contributed by atoms with Gasteiger partial charge in [-0.15, -0.1) is 0 Å². The van der Waals surface area contributed by atoms with Crippen LogP contribution in [-0.2, 0) is 5.41 Å². The number of hydrogen-bond acceptors (Lipinski definition) is 2. The first kappa shape index (κ1) is 15.4. The maximum absolute atomic E-state index is 5.63. The molecule has 0 saturated heterocycles. The first-order chi connectivity index (χ1) is 9.28. The fourth-order valence-electron chi connectivity index (χ4n) is 3.83. The summed E-state index contributed by atoms with van der Waals surface area (Å²) in [7, 11) is 1.78. The summed E-state index contributed by atoms with van der Waals surface area (Å²) in [5, 5.41) is 3.64. The van der Waals surface area contributed by atoms with Gasteiger partial charge >= 0.3 is 0 Å². The van der Waals surface area contributed by atoms with Gasteiger partial charge in [0.05, 0.1) is 7.11 Å². The third-order valence-corrected chi connectivity index (χ3v) is 4.41. The fourth-order valence-corrected chi connectivity index (χ4v) is 3.83. The zero-order valence-electron chi connectivity index (χ0n) is 13.8. The lowest BCUT2D eigenvalue weighted by atomic mass is 9.51. The molecule has 1 saturated carbocycles. The smallest absolute Gasteiger partial charge is 0.122 e. The van der Waals surface area contributed by atoms with Gasteiger partial charge in [-0.2, -0.15) is 0 Å². The van der Waals surface area contributed by atoms with Crippen molar-refractivity contribution < 1.29 is 4.74 Å². The van der Waals surface area contributed by atoms with Crippen molar-refractivity contribution in [3.63, 3.8) is 0 Å². The zero-order valence-corrected chi connectivity index (χ0v) is 13.8. The molecule has 0 atom stereocenters. The second-order valence-electron chi connectivity index (χ2n) is 7.54. The summed E-state index contributed by atoms with van der Waals surface area (Å²) in [4.78, 5) is 0. The van der Waals surface area contributed by atoms with Crippen molar-refractivity contribution in [1.82, 2.24) is 5.32 Å². The Labute approximate surface area is 123 Å². The van der Waals surface area contributed by atoms with E-state index in [9.17, 15) is 0 Å². The predicted molar refractivity (Wildman–Crippen MR) is 85.6 cm³/mol. The summed E-state index contributed by atoms with van der Waals surface area (Å²) in [5.41, 5.74) is 3.36. The van der Waals surface area contributed by atoms with E-state index in [1.165, 1.54) is 24.0 Å². The minimum absolute atomic E-state index is 0.227. The number of aryl methyl sites for hydroxylation is 1. The molecule has 0 aromatic heterocycles. The Morgan fingerprint density at radius 2 is 1.90 bits per heavy atom. The molecule has 20 heavy (non-hydrogen) atoms. The Kier molecular flexibility index (Phi) is 4.15. The molecule has 1 aromatic rings. The van der Waals surface area contributed by atoms with Gasteiger partial charge in [0.15, 0.2) is 0 Å². The molecular weight excluding hydrogens is 246 g/mol. The van der Waals surface area contributed by atoms with Crippen LogP contribution in [0.2, 0.25) is 0 Å². The lowest BCUT2D eigenvalue weighted by Crippen LogP contribution is -2.53. The van der Waals surface area contributed by atoms with Crippen LogP contribution in [0.3, 0.4) is 0 Å². The summed E-state index contributed by atoms with van der Waals surface area (Å²) in [6.45, 7) is 12.4. The van der Waals surface area contributed by atoms with Crippen LogP contribution in [0.15, 0.2) is 18.2 Å². The lowest BCUT2D eigenvalue weighted by Gasteiger charge is -2.54. The Bertz CT molecular complexity index is 468. The Balaban J connectivity index is 2.35. The number of nitrogens with one attached hydrogen (secondary N) is 1. The highest BCUT2D eigenvalue weighted by molar-refractivity contribution is 5.45. The maximum atomic E-state index is 5.63. The number of ether oxygens (including phenoxy) is 1. The predicted octanol–water partition coefficient (Wildman–Crippen LogP) is 4.06. The fraction of sp³-hybridized carbons (Fsp3) is 0.667. The van der Waals surface area contributed by atoms with Crippen LogP contribution in [0.4, 0.5) is 0 Å². The average Bonchev–Trinajstić information content (AvgIpc) is 2.33. The molecule has 2 nitrogen and oxygen atoms in total. The molecule has 1 aliphatic rings. The molecule has 1 aliphatic carbocycles. The van der Waals surface area contributed by atoms with Crippen molar-refractivity contribution >= 4 is 0 Å². The monoisotopic (exact) mass is 275 g/mol. The second-order valence-corrected chi connectivity index (χ2v) is 7.54. The SMILES string of the molecule is COc1ccc(C)cc1C1(CNC(C)C)CC(C)(C)C1. The van der Waals surface area contributed by atoms with Crippen LogP contribution in [-0.4, -0.2) is 19.7 Å². The molecule has 1 aromatic carbocycles. The molecule has 112 valence electrons. The van der Waals surface area contributed by atoms with E-state index in [4.69, 9.17) is 4.74 Å². The van der Waals surface area contributed by atoms with E-state index in [-0.39, 0.29) is 5.41 Å². The highest BCUT2D eigenvalue weighted by Crippen LogP contribution is 2.56. The number of methoxy groups -OCH3 is 1. The van der Waals surface area contributed by atoms with Crippen molar-refractivity contribution in [3.05, 3.63) is 29.3 Å². The van der Waals surface area contributed by atoms with Gasteiger partial charge in [0.25, 0.3) is 0 Å². The summed E-state index contributed by atoms with van der Waals surface area (Å²) in [5.74, 6) is 1.04. The van der Waals surface area contributed by atoms with Gasteiger partial charge in [-0.3, -0.25) is 0 Å². The molecule has 0 amide bonds. The van der Waals surface area contributed by atoms with Gasteiger partial charge in [0, 0.05) is 23.6 Å². The zero-order chi connectivity index (χ0) is 15.0. The van der Waals surface area contributed by atoms with E-state index in [1.54, 1.807) is 7.11 Å². The van der Waals surface area contributed by atoms with Gasteiger partial charge in [0.1, 0.15) is 5.75 Å². The van der Waals surface area contributed by atoms with Crippen molar-refractivity contribution in [1.29, 1.82) is 0 Å². The third-order valence-electron chi connectivity index (χ3n) is 4.41. The van der Waals surface area contributed by atoms with Gasteiger partial charge in [-0.05, 0) is 31.2 Å². The molecule has 0 unspecified atom stereocenters. The molecule has 0 heterocycles. The van der Waals surface area contributed by atoms with E-state index < -0.39 is 0 Å². The van der Waals surface area contributed by atoms with E-state index in [2.05, 4.69) is 58.1 Å².